The molecule has 0 unspecified atom stereocenters. The molecule has 1 aromatic heterocycles. The van der Waals surface area contributed by atoms with E-state index < -0.39 is 41.2 Å². The quantitative estimate of drug-likeness (QED) is 0.660. The lowest BCUT2D eigenvalue weighted by Gasteiger charge is -2.55. The smallest absolute Gasteiger partial charge is 0.328 e. The third-order valence-corrected chi connectivity index (χ3v) is 6.24. The second-order valence-corrected chi connectivity index (χ2v) is 8.19. The molecule has 3 atom stereocenters. The zero-order chi connectivity index (χ0) is 21.9. The first-order valence-electron chi connectivity index (χ1n) is 9.99. The average molecular weight is 425 g/mol. The number of carbonyl (C=O) groups is 3. The Morgan fingerprint density at radius 2 is 1.90 bits per heavy atom. The van der Waals surface area contributed by atoms with Gasteiger partial charge in [0.1, 0.15) is 5.82 Å². The van der Waals surface area contributed by atoms with Crippen molar-refractivity contribution < 1.29 is 23.5 Å². The van der Waals surface area contributed by atoms with Crippen LogP contribution >= 0.6 is 0 Å². The minimum absolute atomic E-state index is 0.00985. The van der Waals surface area contributed by atoms with Crippen LogP contribution in [0.2, 0.25) is 0 Å². The Balaban J connectivity index is 1.71. The minimum Gasteiger partial charge on any atom is -0.372 e. The van der Waals surface area contributed by atoms with Gasteiger partial charge in [-0.1, -0.05) is 0 Å². The van der Waals surface area contributed by atoms with E-state index in [0.29, 0.717) is 23.5 Å². The highest BCUT2D eigenvalue weighted by Gasteiger charge is 2.62. The van der Waals surface area contributed by atoms with Crippen molar-refractivity contribution >= 4 is 23.5 Å². The zero-order valence-corrected chi connectivity index (χ0v) is 16.9. The molecule has 5 rings (SSSR count). The van der Waals surface area contributed by atoms with E-state index in [1.165, 1.54) is 24.7 Å². The Hall–Kier alpha value is -3.40. The van der Waals surface area contributed by atoms with Gasteiger partial charge in [-0.25, -0.2) is 9.18 Å². The number of anilines is 1. The summed E-state index contributed by atoms with van der Waals surface area (Å²) < 4.78 is 21.1. The van der Waals surface area contributed by atoms with E-state index in [-0.39, 0.29) is 18.1 Å². The Labute approximate surface area is 177 Å². The summed E-state index contributed by atoms with van der Waals surface area (Å²) in [5.41, 5.74) is 0.176. The molecule has 4 heterocycles. The lowest BCUT2D eigenvalue weighted by atomic mass is 9.66. The van der Waals surface area contributed by atoms with Crippen LogP contribution in [0.15, 0.2) is 30.7 Å². The number of barbiturate groups is 1. The molecule has 3 aliphatic rings. The number of ether oxygens (including phenoxy) is 1. The molecule has 160 valence electrons. The molecule has 1 aromatic carbocycles. The van der Waals surface area contributed by atoms with Gasteiger partial charge in [-0.15, -0.1) is 0 Å². The van der Waals surface area contributed by atoms with Crippen molar-refractivity contribution in [3.63, 3.8) is 0 Å². The highest BCUT2D eigenvalue weighted by atomic mass is 19.1. The van der Waals surface area contributed by atoms with E-state index in [1.807, 2.05) is 11.8 Å². The normalized spacial score (nSPS) is 26.7. The summed E-state index contributed by atoms with van der Waals surface area (Å²) in [4.78, 5) is 48.0. The van der Waals surface area contributed by atoms with E-state index in [1.54, 1.807) is 13.0 Å². The lowest BCUT2D eigenvalue weighted by Crippen LogP contribution is -2.75. The molecule has 4 amide bonds. The van der Waals surface area contributed by atoms with E-state index in [9.17, 15) is 14.4 Å². The molecule has 2 saturated heterocycles. The fourth-order valence-corrected chi connectivity index (χ4v) is 5.09. The van der Waals surface area contributed by atoms with Crippen molar-refractivity contribution in [2.45, 2.75) is 38.5 Å². The summed E-state index contributed by atoms with van der Waals surface area (Å²) >= 11 is 0. The summed E-state index contributed by atoms with van der Waals surface area (Å²) in [7, 11) is 0. The number of halogens is 1. The van der Waals surface area contributed by atoms with Crippen LogP contribution in [0.5, 0.6) is 0 Å². The van der Waals surface area contributed by atoms with Crippen LogP contribution < -0.4 is 15.5 Å². The first kappa shape index (κ1) is 19.6. The van der Waals surface area contributed by atoms with E-state index in [0.717, 1.165) is 0 Å². The van der Waals surface area contributed by atoms with Crippen LogP contribution in [-0.2, 0) is 20.7 Å². The number of fused-ring (bicyclic) bond motifs is 4. The number of imide groups is 2. The maximum atomic E-state index is 15.1. The molecule has 2 aromatic rings. The van der Waals surface area contributed by atoms with Gasteiger partial charge in [0, 0.05) is 30.2 Å². The highest BCUT2D eigenvalue weighted by Crippen LogP contribution is 2.47. The third kappa shape index (κ3) is 2.82. The number of urea groups is 1. The van der Waals surface area contributed by atoms with E-state index in [4.69, 9.17) is 4.74 Å². The van der Waals surface area contributed by atoms with Gasteiger partial charge in [0.05, 0.1) is 30.1 Å². The molecule has 1 spiro atoms. The van der Waals surface area contributed by atoms with Crippen LogP contribution in [0.25, 0.3) is 11.3 Å². The standard InChI is InChI=1S/C21H20FN5O4/c1-10-9-27-16-6-14(22)13(15-8-23-3-4-24-15)5-12(16)7-21(17(27)11(2)31-10)18(28)25-20(30)26-19(21)29/h3-6,8,10-11,17H,7,9H2,1-2H3,(H2,25,26,28,29,30)/t10-,11+,17-/m0/s1. The number of hydrogen-bond acceptors (Lipinski definition) is 7. The molecule has 10 heteroatoms. The molecule has 0 saturated carbocycles. The number of rotatable bonds is 1. The number of carbonyl (C=O) groups excluding carboxylic acids is 3. The first-order valence-corrected chi connectivity index (χ1v) is 9.99. The predicted octanol–water partition coefficient (Wildman–Crippen LogP) is 1.17. The number of aromatic nitrogens is 2. The summed E-state index contributed by atoms with van der Waals surface area (Å²) in [5, 5.41) is 4.47. The zero-order valence-electron chi connectivity index (χ0n) is 16.9. The van der Waals surface area contributed by atoms with Crippen molar-refractivity contribution in [1.82, 2.24) is 20.6 Å². The second-order valence-electron chi connectivity index (χ2n) is 8.19. The van der Waals surface area contributed by atoms with Gasteiger partial charge in [-0.05, 0) is 38.0 Å². The van der Waals surface area contributed by atoms with Crippen LogP contribution in [0, 0.1) is 11.2 Å². The average Bonchev–Trinajstić information content (AvgIpc) is 2.72. The van der Waals surface area contributed by atoms with Crippen molar-refractivity contribution in [3.05, 3.63) is 42.1 Å². The van der Waals surface area contributed by atoms with Gasteiger partial charge in [0.2, 0.25) is 11.8 Å². The maximum Gasteiger partial charge on any atom is 0.328 e. The van der Waals surface area contributed by atoms with Crippen LogP contribution in [-0.4, -0.2) is 52.6 Å². The topological polar surface area (TPSA) is 114 Å². The fourth-order valence-electron chi connectivity index (χ4n) is 5.09. The Morgan fingerprint density at radius 3 is 2.58 bits per heavy atom. The number of benzene rings is 1. The molecular weight excluding hydrogens is 405 g/mol. The lowest BCUT2D eigenvalue weighted by molar-refractivity contribution is -0.153. The third-order valence-electron chi connectivity index (χ3n) is 6.24. The maximum absolute atomic E-state index is 15.1. The molecule has 3 aliphatic heterocycles. The summed E-state index contributed by atoms with van der Waals surface area (Å²) in [6, 6.07) is 1.46. The second kappa shape index (κ2) is 6.81. The number of hydrogen-bond donors (Lipinski definition) is 2. The Bertz CT molecular complexity index is 1090. The molecule has 31 heavy (non-hydrogen) atoms. The highest BCUT2D eigenvalue weighted by molar-refractivity contribution is 6.20. The number of nitrogens with zero attached hydrogens (tertiary/aromatic N) is 3. The van der Waals surface area contributed by atoms with Gasteiger partial charge < -0.3 is 9.64 Å². The van der Waals surface area contributed by atoms with Crippen molar-refractivity contribution in [2.75, 3.05) is 11.4 Å². The van der Waals surface area contributed by atoms with Gasteiger partial charge in [-0.2, -0.15) is 0 Å². The molecule has 0 bridgehead atoms. The van der Waals surface area contributed by atoms with E-state index in [2.05, 4.69) is 20.6 Å². The Kier molecular flexibility index (Phi) is 4.30. The monoisotopic (exact) mass is 425 g/mol. The van der Waals surface area contributed by atoms with Crippen LogP contribution in [0.4, 0.5) is 14.9 Å². The molecule has 0 aliphatic carbocycles. The van der Waals surface area contributed by atoms with E-state index >= 15 is 4.39 Å². The summed E-state index contributed by atoms with van der Waals surface area (Å²) in [6.45, 7) is 4.02. The first-order chi connectivity index (χ1) is 14.8. The molecule has 0 radical (unpaired) electrons. The number of morpholine rings is 1. The number of amides is 4. The Morgan fingerprint density at radius 1 is 1.16 bits per heavy atom. The van der Waals surface area contributed by atoms with Crippen LogP contribution in [0.3, 0.4) is 0 Å². The summed E-state index contributed by atoms with van der Waals surface area (Å²) in [6.07, 6.45) is 3.68. The molecule has 2 fully saturated rings. The SMILES string of the molecule is C[C@H]1CN2c3cc(F)c(-c4cnccn4)cc3CC3(C(=O)NC(=O)NC3=O)[C@@H]2[C@@H](C)O1. The van der Waals surface area contributed by atoms with Gasteiger partial charge in [0.25, 0.3) is 0 Å². The fraction of sp³-hybridized carbons (Fsp3) is 0.381. The van der Waals surface area contributed by atoms with Crippen molar-refractivity contribution in [1.29, 1.82) is 0 Å². The van der Waals surface area contributed by atoms with Gasteiger partial charge in [0.15, 0.2) is 5.41 Å². The van der Waals surface area contributed by atoms with Gasteiger partial charge in [-0.3, -0.25) is 30.2 Å². The van der Waals surface area contributed by atoms with Crippen LogP contribution in [0.1, 0.15) is 19.4 Å². The minimum atomic E-state index is -1.60. The predicted molar refractivity (Wildman–Crippen MR) is 106 cm³/mol. The largest absolute Gasteiger partial charge is 0.372 e. The summed E-state index contributed by atoms with van der Waals surface area (Å²) in [5.74, 6) is -1.84. The molecule has 2 N–H and O–H groups in total. The van der Waals surface area contributed by atoms with Gasteiger partial charge >= 0.3 is 6.03 Å². The van der Waals surface area contributed by atoms with Crippen molar-refractivity contribution in [2.24, 2.45) is 5.41 Å². The number of nitrogens with one attached hydrogen (secondary N) is 2. The molecule has 9 nitrogen and oxygen atoms in total. The van der Waals surface area contributed by atoms with Crippen molar-refractivity contribution in [3.8, 4) is 11.3 Å². The molecular formula is C21H20FN5O4.